The largest absolute Gasteiger partial charge is 0.496 e. The van der Waals surface area contributed by atoms with Crippen LogP contribution in [0, 0.1) is 10.1 Å². The number of carbonyl (C=O) groups is 1. The Labute approximate surface area is 209 Å². The maximum atomic E-state index is 12.6. The highest BCUT2D eigenvalue weighted by Crippen LogP contribution is 2.30. The third kappa shape index (κ3) is 5.65. The van der Waals surface area contributed by atoms with Crippen LogP contribution in [-0.2, 0) is 0 Å². The van der Waals surface area contributed by atoms with Gasteiger partial charge in [0.2, 0.25) is 5.13 Å². The first kappa shape index (κ1) is 24.4. The minimum absolute atomic E-state index is 0.000917. The minimum atomic E-state index is -0.572. The molecule has 4 aromatic rings. The summed E-state index contributed by atoms with van der Waals surface area (Å²) < 4.78 is 16.1. The SMILES string of the molecule is COc1cc(C=NNc2nc(-c3cccc([N+](=O)[O-])c3)cs2)ccc1OC(=O)c1ccccc1OC. The molecule has 0 aliphatic carbocycles. The molecule has 10 nitrogen and oxygen atoms in total. The normalized spacial score (nSPS) is 10.7. The van der Waals surface area contributed by atoms with Gasteiger partial charge in [-0.05, 0) is 35.9 Å². The maximum absolute atomic E-state index is 12.6. The van der Waals surface area contributed by atoms with Gasteiger partial charge < -0.3 is 14.2 Å². The van der Waals surface area contributed by atoms with E-state index in [0.29, 0.717) is 39.0 Å². The van der Waals surface area contributed by atoms with Gasteiger partial charge in [-0.2, -0.15) is 5.10 Å². The van der Waals surface area contributed by atoms with Crippen molar-refractivity contribution in [2.24, 2.45) is 5.10 Å². The molecule has 1 heterocycles. The zero-order valence-corrected chi connectivity index (χ0v) is 20.0. The zero-order valence-electron chi connectivity index (χ0n) is 19.2. The molecule has 0 unspecified atom stereocenters. The molecule has 0 bridgehead atoms. The Balaban J connectivity index is 1.43. The first-order valence-electron chi connectivity index (χ1n) is 10.5. The summed E-state index contributed by atoms with van der Waals surface area (Å²) in [5.41, 5.74) is 5.06. The number of non-ortho nitro benzene ring substituents is 1. The van der Waals surface area contributed by atoms with Gasteiger partial charge in [-0.25, -0.2) is 9.78 Å². The van der Waals surface area contributed by atoms with E-state index in [-0.39, 0.29) is 11.4 Å². The molecular formula is C25H20N4O6S. The lowest BCUT2D eigenvalue weighted by Crippen LogP contribution is -2.10. The van der Waals surface area contributed by atoms with E-state index >= 15 is 0 Å². The molecule has 0 spiro atoms. The zero-order chi connectivity index (χ0) is 25.5. The van der Waals surface area contributed by atoms with Crippen LogP contribution in [0.1, 0.15) is 15.9 Å². The number of nitro groups is 1. The summed E-state index contributed by atoms with van der Waals surface area (Å²) in [6.07, 6.45) is 1.56. The quantitative estimate of drug-likeness (QED) is 0.106. The number of para-hydroxylation sites is 1. The van der Waals surface area contributed by atoms with E-state index in [1.54, 1.807) is 66.2 Å². The third-order valence-corrected chi connectivity index (χ3v) is 5.69. The molecule has 0 radical (unpaired) electrons. The topological polar surface area (TPSA) is 125 Å². The van der Waals surface area contributed by atoms with Crippen LogP contribution in [0.15, 0.2) is 77.2 Å². The summed E-state index contributed by atoms with van der Waals surface area (Å²) in [6, 6.07) is 18.0. The summed E-state index contributed by atoms with van der Waals surface area (Å²) in [6.45, 7) is 0. The number of nitrogens with zero attached hydrogens (tertiary/aromatic N) is 3. The second-order valence-electron chi connectivity index (χ2n) is 7.22. The fraction of sp³-hybridized carbons (Fsp3) is 0.0800. The van der Waals surface area contributed by atoms with E-state index in [4.69, 9.17) is 14.2 Å². The highest BCUT2D eigenvalue weighted by Gasteiger charge is 2.16. The van der Waals surface area contributed by atoms with Gasteiger partial charge in [-0.1, -0.05) is 24.3 Å². The van der Waals surface area contributed by atoms with Crippen LogP contribution in [0.2, 0.25) is 0 Å². The van der Waals surface area contributed by atoms with Crippen LogP contribution in [0.25, 0.3) is 11.3 Å². The molecule has 182 valence electrons. The predicted octanol–water partition coefficient (Wildman–Crippen LogP) is 5.40. The van der Waals surface area contributed by atoms with Crippen LogP contribution >= 0.6 is 11.3 Å². The highest BCUT2D eigenvalue weighted by atomic mass is 32.1. The molecule has 1 aromatic heterocycles. The number of rotatable bonds is 9. The molecule has 4 rings (SSSR count). The molecule has 0 aliphatic rings. The summed E-state index contributed by atoms with van der Waals surface area (Å²) in [5.74, 6) is 0.439. The van der Waals surface area contributed by atoms with Crippen LogP contribution in [0.3, 0.4) is 0 Å². The van der Waals surface area contributed by atoms with Crippen molar-refractivity contribution in [2.75, 3.05) is 19.6 Å². The summed E-state index contributed by atoms with van der Waals surface area (Å²) in [7, 11) is 2.95. The number of methoxy groups -OCH3 is 2. The Morgan fingerprint density at radius 2 is 1.83 bits per heavy atom. The van der Waals surface area contributed by atoms with Crippen LogP contribution in [-0.4, -0.2) is 36.3 Å². The van der Waals surface area contributed by atoms with Gasteiger partial charge in [0.1, 0.15) is 11.3 Å². The lowest BCUT2D eigenvalue weighted by atomic mass is 10.1. The Morgan fingerprint density at radius 3 is 2.61 bits per heavy atom. The number of aromatic nitrogens is 1. The van der Waals surface area contributed by atoms with Gasteiger partial charge in [-0.15, -0.1) is 11.3 Å². The molecule has 1 N–H and O–H groups in total. The fourth-order valence-corrected chi connectivity index (χ4v) is 3.88. The second-order valence-corrected chi connectivity index (χ2v) is 8.07. The number of thiazole rings is 1. The predicted molar refractivity (Wildman–Crippen MR) is 136 cm³/mol. The monoisotopic (exact) mass is 504 g/mol. The number of nitro benzene ring substituents is 1. The van der Waals surface area contributed by atoms with Gasteiger partial charge in [0, 0.05) is 23.1 Å². The van der Waals surface area contributed by atoms with Crippen molar-refractivity contribution >= 4 is 34.3 Å². The Kier molecular flexibility index (Phi) is 7.51. The van der Waals surface area contributed by atoms with E-state index in [1.165, 1.54) is 37.7 Å². The summed E-state index contributed by atoms with van der Waals surface area (Å²) in [4.78, 5) is 27.6. The Hall–Kier alpha value is -4.77. The maximum Gasteiger partial charge on any atom is 0.347 e. The average molecular weight is 505 g/mol. The standard InChI is InChI=1S/C25H20N4O6S/c1-33-21-9-4-3-8-19(21)24(30)35-22-11-10-16(12-23(22)34-2)14-26-28-25-27-20(15-36-25)17-6-5-7-18(13-17)29(31)32/h3-15H,1-2H3,(H,27,28). The van der Waals surface area contributed by atoms with Crippen molar-refractivity contribution in [3.05, 3.63) is 93.4 Å². The number of nitrogens with one attached hydrogen (secondary N) is 1. The van der Waals surface area contributed by atoms with E-state index in [2.05, 4.69) is 15.5 Å². The summed E-state index contributed by atoms with van der Waals surface area (Å²) >= 11 is 1.31. The number of anilines is 1. The van der Waals surface area contributed by atoms with Crippen molar-refractivity contribution in [2.45, 2.75) is 0 Å². The smallest absolute Gasteiger partial charge is 0.347 e. The first-order chi connectivity index (χ1) is 17.5. The number of benzene rings is 3. The van der Waals surface area contributed by atoms with Crippen molar-refractivity contribution < 1.29 is 23.9 Å². The fourth-order valence-electron chi connectivity index (χ4n) is 3.22. The molecular weight excluding hydrogens is 484 g/mol. The molecule has 0 saturated carbocycles. The molecule has 0 fully saturated rings. The molecule has 0 aliphatic heterocycles. The number of hydrogen-bond donors (Lipinski definition) is 1. The van der Waals surface area contributed by atoms with Crippen molar-refractivity contribution in [1.29, 1.82) is 0 Å². The van der Waals surface area contributed by atoms with Gasteiger partial charge in [-0.3, -0.25) is 15.5 Å². The van der Waals surface area contributed by atoms with Gasteiger partial charge in [0.15, 0.2) is 11.5 Å². The Bertz CT molecular complexity index is 1440. The highest BCUT2D eigenvalue weighted by molar-refractivity contribution is 7.14. The number of hydrazone groups is 1. The Morgan fingerprint density at radius 1 is 1.03 bits per heavy atom. The lowest BCUT2D eigenvalue weighted by molar-refractivity contribution is -0.384. The first-order valence-corrected chi connectivity index (χ1v) is 11.4. The van der Waals surface area contributed by atoms with E-state index in [1.807, 2.05) is 0 Å². The number of carbonyl (C=O) groups excluding carboxylic acids is 1. The second kappa shape index (κ2) is 11.1. The number of hydrogen-bond acceptors (Lipinski definition) is 10. The molecule has 3 aromatic carbocycles. The van der Waals surface area contributed by atoms with Crippen molar-refractivity contribution in [3.8, 4) is 28.5 Å². The molecule has 0 atom stereocenters. The molecule has 0 amide bonds. The van der Waals surface area contributed by atoms with Crippen LogP contribution in [0.5, 0.6) is 17.2 Å². The van der Waals surface area contributed by atoms with E-state index in [0.717, 1.165) is 0 Å². The minimum Gasteiger partial charge on any atom is -0.496 e. The van der Waals surface area contributed by atoms with Crippen LogP contribution in [0.4, 0.5) is 10.8 Å². The van der Waals surface area contributed by atoms with Gasteiger partial charge >= 0.3 is 5.97 Å². The van der Waals surface area contributed by atoms with Crippen molar-refractivity contribution in [3.63, 3.8) is 0 Å². The number of esters is 1. The molecule has 0 saturated heterocycles. The average Bonchev–Trinajstić information content (AvgIpc) is 3.38. The molecule has 11 heteroatoms. The van der Waals surface area contributed by atoms with E-state index < -0.39 is 10.9 Å². The summed E-state index contributed by atoms with van der Waals surface area (Å²) in [5, 5.41) is 17.5. The molecule has 36 heavy (non-hydrogen) atoms. The van der Waals surface area contributed by atoms with Crippen molar-refractivity contribution in [1.82, 2.24) is 4.98 Å². The van der Waals surface area contributed by atoms with E-state index in [9.17, 15) is 14.9 Å². The van der Waals surface area contributed by atoms with Crippen LogP contribution < -0.4 is 19.6 Å². The van der Waals surface area contributed by atoms with Gasteiger partial charge in [0.05, 0.1) is 31.1 Å². The third-order valence-electron chi connectivity index (χ3n) is 4.95. The number of ether oxygens (including phenoxy) is 3. The lowest BCUT2D eigenvalue weighted by Gasteiger charge is -2.11. The van der Waals surface area contributed by atoms with Gasteiger partial charge in [0.25, 0.3) is 5.69 Å².